The highest BCUT2D eigenvalue weighted by Crippen LogP contribution is 2.22. The molecule has 1 aromatic rings. The molecule has 0 unspecified atom stereocenters. The van der Waals surface area contributed by atoms with Gasteiger partial charge in [-0.15, -0.1) is 0 Å². The Bertz CT molecular complexity index is 612. The average molecular weight is 318 g/mol. The zero-order chi connectivity index (χ0) is 17.0. The largest absolute Gasteiger partial charge is 0.462 e. The Morgan fingerprint density at radius 2 is 2.13 bits per heavy atom. The quantitative estimate of drug-likeness (QED) is 0.843. The maximum Gasteiger partial charge on any atom is 0.338 e. The molecular formula is C17H22N2O4. The monoisotopic (exact) mass is 318 g/mol. The smallest absolute Gasteiger partial charge is 0.338 e. The number of anilines is 1. The van der Waals surface area contributed by atoms with Crippen molar-refractivity contribution in [3.05, 3.63) is 29.8 Å². The molecule has 0 radical (unpaired) electrons. The Morgan fingerprint density at radius 3 is 2.74 bits per heavy atom. The third kappa shape index (κ3) is 4.09. The first-order valence-electron chi connectivity index (χ1n) is 7.80. The molecule has 6 nitrogen and oxygen atoms in total. The number of likely N-dealkylation sites (tertiary alicyclic amines) is 1. The molecule has 0 bridgehead atoms. The first kappa shape index (κ1) is 17.0. The van der Waals surface area contributed by atoms with Crippen LogP contribution in [-0.2, 0) is 14.3 Å². The molecule has 1 heterocycles. The molecule has 0 saturated carbocycles. The fraction of sp³-hybridized carbons (Fsp3) is 0.471. The minimum Gasteiger partial charge on any atom is -0.462 e. The van der Waals surface area contributed by atoms with Gasteiger partial charge in [-0.2, -0.15) is 0 Å². The second-order valence-corrected chi connectivity index (χ2v) is 5.83. The van der Waals surface area contributed by atoms with E-state index in [-0.39, 0.29) is 30.2 Å². The summed E-state index contributed by atoms with van der Waals surface area (Å²) >= 11 is 0. The molecule has 1 aromatic carbocycles. The summed E-state index contributed by atoms with van der Waals surface area (Å²) in [7, 11) is 0. The third-order valence-corrected chi connectivity index (χ3v) is 3.79. The van der Waals surface area contributed by atoms with Gasteiger partial charge in [0.15, 0.2) is 0 Å². The van der Waals surface area contributed by atoms with E-state index in [1.165, 1.54) is 0 Å². The van der Waals surface area contributed by atoms with Gasteiger partial charge < -0.3 is 15.0 Å². The van der Waals surface area contributed by atoms with E-state index in [4.69, 9.17) is 4.74 Å². The van der Waals surface area contributed by atoms with Crippen LogP contribution >= 0.6 is 0 Å². The van der Waals surface area contributed by atoms with Crippen molar-refractivity contribution in [2.75, 3.05) is 18.5 Å². The van der Waals surface area contributed by atoms with Crippen LogP contribution in [0.4, 0.5) is 5.69 Å². The fourth-order valence-electron chi connectivity index (χ4n) is 2.59. The summed E-state index contributed by atoms with van der Waals surface area (Å²) in [4.78, 5) is 37.6. The summed E-state index contributed by atoms with van der Waals surface area (Å²) in [5.74, 6) is -0.996. The van der Waals surface area contributed by atoms with Crippen LogP contribution in [0.5, 0.6) is 0 Å². The number of nitrogens with zero attached hydrogens (tertiary/aromatic N) is 1. The molecule has 23 heavy (non-hydrogen) atoms. The Balaban J connectivity index is 2.02. The number of benzene rings is 1. The normalized spacial score (nSPS) is 17.5. The van der Waals surface area contributed by atoms with Crippen LogP contribution in [0, 0.1) is 5.92 Å². The van der Waals surface area contributed by atoms with E-state index >= 15 is 0 Å². The highest BCUT2D eigenvalue weighted by atomic mass is 16.5. The van der Waals surface area contributed by atoms with Crippen molar-refractivity contribution in [1.82, 2.24) is 4.90 Å². The van der Waals surface area contributed by atoms with Gasteiger partial charge in [-0.05, 0) is 39.0 Å². The highest BCUT2D eigenvalue weighted by Gasteiger charge is 2.35. The number of nitrogens with one attached hydrogen (secondary N) is 1. The maximum atomic E-state index is 12.3. The summed E-state index contributed by atoms with van der Waals surface area (Å²) < 4.78 is 4.94. The Kier molecular flexibility index (Phi) is 5.36. The zero-order valence-electron chi connectivity index (χ0n) is 13.7. The van der Waals surface area contributed by atoms with E-state index in [0.29, 0.717) is 24.4 Å². The van der Waals surface area contributed by atoms with Gasteiger partial charge in [-0.3, -0.25) is 9.59 Å². The van der Waals surface area contributed by atoms with Gasteiger partial charge in [0, 0.05) is 24.7 Å². The summed E-state index contributed by atoms with van der Waals surface area (Å²) in [5.41, 5.74) is 0.909. The lowest BCUT2D eigenvalue weighted by Gasteiger charge is -2.20. The fourth-order valence-corrected chi connectivity index (χ4v) is 2.59. The molecule has 1 fully saturated rings. The number of esters is 1. The van der Waals surface area contributed by atoms with E-state index in [2.05, 4.69) is 5.32 Å². The van der Waals surface area contributed by atoms with E-state index < -0.39 is 5.97 Å². The van der Waals surface area contributed by atoms with Crippen LogP contribution in [0.1, 0.15) is 37.6 Å². The molecule has 0 aliphatic carbocycles. The number of ether oxygens (including phenoxy) is 1. The van der Waals surface area contributed by atoms with Gasteiger partial charge in [0.1, 0.15) is 0 Å². The van der Waals surface area contributed by atoms with Crippen molar-refractivity contribution in [3.8, 4) is 0 Å². The average Bonchev–Trinajstić information content (AvgIpc) is 2.90. The predicted octanol–water partition coefficient (Wildman–Crippen LogP) is 2.06. The second-order valence-electron chi connectivity index (χ2n) is 5.83. The molecule has 2 rings (SSSR count). The zero-order valence-corrected chi connectivity index (χ0v) is 13.7. The Labute approximate surface area is 135 Å². The summed E-state index contributed by atoms with van der Waals surface area (Å²) in [6, 6.07) is 6.69. The number of hydrogen-bond donors (Lipinski definition) is 1. The Morgan fingerprint density at radius 1 is 1.39 bits per heavy atom. The van der Waals surface area contributed by atoms with Crippen molar-refractivity contribution < 1.29 is 19.1 Å². The van der Waals surface area contributed by atoms with Crippen LogP contribution in [0.2, 0.25) is 0 Å². The molecule has 0 aromatic heterocycles. The number of rotatable bonds is 5. The van der Waals surface area contributed by atoms with Gasteiger partial charge in [-0.1, -0.05) is 6.07 Å². The lowest BCUT2D eigenvalue weighted by molar-refractivity contribution is -0.129. The number of hydrogen-bond acceptors (Lipinski definition) is 4. The molecule has 1 aliphatic rings. The summed E-state index contributed by atoms with van der Waals surface area (Å²) in [6.07, 6.45) is 0.224. The predicted molar refractivity (Wildman–Crippen MR) is 86.0 cm³/mol. The van der Waals surface area contributed by atoms with Gasteiger partial charge in [-0.25, -0.2) is 4.79 Å². The minimum atomic E-state index is -0.425. The van der Waals surface area contributed by atoms with Crippen LogP contribution in [-0.4, -0.2) is 41.9 Å². The molecular weight excluding hydrogens is 296 g/mol. The van der Waals surface area contributed by atoms with Crippen LogP contribution in [0.15, 0.2) is 24.3 Å². The minimum absolute atomic E-state index is 0.000393. The van der Waals surface area contributed by atoms with Crippen molar-refractivity contribution in [1.29, 1.82) is 0 Å². The van der Waals surface area contributed by atoms with Crippen LogP contribution < -0.4 is 5.32 Å². The van der Waals surface area contributed by atoms with E-state index in [1.807, 2.05) is 13.8 Å². The van der Waals surface area contributed by atoms with Gasteiger partial charge >= 0.3 is 5.97 Å². The first-order valence-corrected chi connectivity index (χ1v) is 7.80. The standard InChI is InChI=1S/C17H22N2O4/c1-4-23-17(22)12-6-5-7-14(8-12)18-16(21)13-9-15(20)19(10-13)11(2)3/h5-8,11,13H,4,9-10H2,1-3H3,(H,18,21)/t13-/m0/s1. The van der Waals surface area contributed by atoms with E-state index in [9.17, 15) is 14.4 Å². The topological polar surface area (TPSA) is 75.7 Å². The lowest BCUT2D eigenvalue weighted by Crippen LogP contribution is -2.33. The highest BCUT2D eigenvalue weighted by molar-refractivity contribution is 5.98. The summed E-state index contributed by atoms with van der Waals surface area (Å²) in [5, 5.41) is 2.78. The second kappa shape index (κ2) is 7.26. The molecule has 1 aliphatic heterocycles. The van der Waals surface area contributed by atoms with Crippen LogP contribution in [0.3, 0.4) is 0 Å². The third-order valence-electron chi connectivity index (χ3n) is 3.79. The number of carbonyl (C=O) groups is 3. The van der Waals surface area contributed by atoms with Gasteiger partial charge in [0.2, 0.25) is 11.8 Å². The molecule has 1 saturated heterocycles. The van der Waals surface area contributed by atoms with Crippen LogP contribution in [0.25, 0.3) is 0 Å². The number of amides is 2. The van der Waals surface area contributed by atoms with Gasteiger partial charge in [0.05, 0.1) is 18.1 Å². The molecule has 124 valence electrons. The van der Waals surface area contributed by atoms with Gasteiger partial charge in [0.25, 0.3) is 0 Å². The molecule has 6 heteroatoms. The lowest BCUT2D eigenvalue weighted by atomic mass is 10.1. The molecule has 1 atom stereocenters. The molecule has 1 N–H and O–H groups in total. The molecule has 0 spiro atoms. The van der Waals surface area contributed by atoms with E-state index in [1.54, 1.807) is 36.1 Å². The van der Waals surface area contributed by atoms with Crippen molar-refractivity contribution in [3.63, 3.8) is 0 Å². The SMILES string of the molecule is CCOC(=O)c1cccc(NC(=O)[C@H]2CC(=O)N(C(C)C)C2)c1. The van der Waals surface area contributed by atoms with Crippen molar-refractivity contribution >= 4 is 23.5 Å². The van der Waals surface area contributed by atoms with Crippen molar-refractivity contribution in [2.24, 2.45) is 5.92 Å². The Hall–Kier alpha value is -2.37. The summed E-state index contributed by atoms with van der Waals surface area (Å²) in [6.45, 7) is 6.33. The maximum absolute atomic E-state index is 12.3. The first-order chi connectivity index (χ1) is 10.9. The van der Waals surface area contributed by atoms with Crippen molar-refractivity contribution in [2.45, 2.75) is 33.2 Å². The number of carbonyl (C=O) groups excluding carboxylic acids is 3. The van der Waals surface area contributed by atoms with E-state index in [0.717, 1.165) is 0 Å². The molecule has 2 amide bonds.